The Morgan fingerprint density at radius 1 is 0.469 bits per heavy atom. The molecule has 0 radical (unpaired) electrons. The standard InChI is InChI=1S/C42H57NO5Si/c1-33(2)49(34(3)4,35(5)6)48-32-41(45-29-37-21-13-8-14-22-37)42(46-30-38-23-15-9-16-24-38)40(44-28-36-19-11-7-12-20-36)27-43-47-31-39-25-17-10-18-26-39/h7-26,33-35,40-43H,27-32H2,1-6H3/t40-,41-,42-/m1/s1. The van der Waals surface area contributed by atoms with Gasteiger partial charge in [-0.2, -0.15) is 5.48 Å². The number of hydroxylamine groups is 1. The van der Waals surface area contributed by atoms with Crippen LogP contribution >= 0.6 is 0 Å². The molecule has 0 heterocycles. The van der Waals surface area contributed by atoms with Gasteiger partial charge in [-0.1, -0.05) is 163 Å². The zero-order valence-electron chi connectivity index (χ0n) is 30.3. The monoisotopic (exact) mass is 683 g/mol. The first kappa shape index (κ1) is 38.7. The van der Waals surface area contributed by atoms with Crippen molar-refractivity contribution in [3.8, 4) is 0 Å². The van der Waals surface area contributed by atoms with E-state index in [1.54, 1.807) is 0 Å². The van der Waals surface area contributed by atoms with Crippen molar-refractivity contribution in [2.45, 2.75) is 103 Å². The van der Waals surface area contributed by atoms with Crippen molar-refractivity contribution in [3.63, 3.8) is 0 Å². The molecule has 4 rings (SSSR count). The number of ether oxygens (including phenoxy) is 3. The van der Waals surface area contributed by atoms with Crippen LogP contribution in [0.3, 0.4) is 0 Å². The van der Waals surface area contributed by atoms with E-state index in [1.807, 2.05) is 72.8 Å². The molecule has 0 aliphatic heterocycles. The van der Waals surface area contributed by atoms with Gasteiger partial charge in [-0.25, -0.2) is 0 Å². The van der Waals surface area contributed by atoms with E-state index in [9.17, 15) is 0 Å². The van der Waals surface area contributed by atoms with Crippen molar-refractivity contribution in [1.29, 1.82) is 0 Å². The first-order valence-electron chi connectivity index (χ1n) is 17.8. The minimum Gasteiger partial charge on any atom is -0.413 e. The lowest BCUT2D eigenvalue weighted by Gasteiger charge is -2.44. The van der Waals surface area contributed by atoms with E-state index in [0.717, 1.165) is 22.3 Å². The molecule has 0 spiro atoms. The highest BCUT2D eigenvalue weighted by molar-refractivity contribution is 6.77. The summed E-state index contributed by atoms with van der Waals surface area (Å²) in [5.41, 5.74) is 8.87. The second-order valence-corrected chi connectivity index (χ2v) is 19.1. The van der Waals surface area contributed by atoms with E-state index in [4.69, 9.17) is 23.5 Å². The van der Waals surface area contributed by atoms with Gasteiger partial charge in [0.2, 0.25) is 0 Å². The van der Waals surface area contributed by atoms with Crippen LogP contribution < -0.4 is 5.48 Å². The number of rotatable bonds is 22. The van der Waals surface area contributed by atoms with E-state index in [0.29, 0.717) is 56.2 Å². The maximum atomic E-state index is 7.22. The lowest BCUT2D eigenvalue weighted by molar-refractivity contribution is -0.166. The Hall–Kier alpha value is -3.14. The van der Waals surface area contributed by atoms with Crippen LogP contribution in [-0.2, 0) is 49.9 Å². The molecule has 4 aromatic rings. The van der Waals surface area contributed by atoms with Crippen LogP contribution in [0.1, 0.15) is 63.8 Å². The first-order chi connectivity index (χ1) is 23.8. The molecule has 264 valence electrons. The van der Waals surface area contributed by atoms with E-state index in [1.165, 1.54) is 0 Å². The molecule has 0 aliphatic rings. The van der Waals surface area contributed by atoms with Crippen molar-refractivity contribution in [2.24, 2.45) is 0 Å². The van der Waals surface area contributed by atoms with E-state index < -0.39 is 26.6 Å². The Labute approximate surface area is 296 Å². The SMILES string of the molecule is CC(C)[Si](OC[C@@H](OCc1ccccc1)[C@H](OCc1ccccc1)[C@@H](CNOCc1ccccc1)OCc1ccccc1)(C(C)C)C(C)C. The molecule has 3 atom stereocenters. The van der Waals surface area contributed by atoms with E-state index >= 15 is 0 Å². The van der Waals surface area contributed by atoms with Crippen molar-refractivity contribution in [3.05, 3.63) is 144 Å². The van der Waals surface area contributed by atoms with Gasteiger partial charge in [-0.15, -0.1) is 0 Å². The minimum atomic E-state index is -2.22. The predicted octanol–water partition coefficient (Wildman–Crippen LogP) is 9.66. The molecule has 6 nitrogen and oxygen atoms in total. The summed E-state index contributed by atoms with van der Waals surface area (Å²) in [6, 6.07) is 41.0. The smallest absolute Gasteiger partial charge is 0.200 e. The molecule has 7 heteroatoms. The van der Waals surface area contributed by atoms with E-state index in [-0.39, 0.29) is 0 Å². The molecule has 0 amide bonds. The summed E-state index contributed by atoms with van der Waals surface area (Å²) in [5, 5.41) is 0. The fourth-order valence-corrected chi connectivity index (χ4v) is 12.3. The van der Waals surface area contributed by atoms with Gasteiger partial charge in [0.05, 0.1) is 39.6 Å². The second kappa shape index (κ2) is 20.5. The van der Waals surface area contributed by atoms with Gasteiger partial charge >= 0.3 is 0 Å². The molecule has 0 saturated heterocycles. The first-order valence-corrected chi connectivity index (χ1v) is 19.9. The van der Waals surface area contributed by atoms with Crippen molar-refractivity contribution >= 4 is 8.32 Å². The Bertz CT molecular complexity index is 1400. The Kier molecular flexibility index (Phi) is 16.2. The van der Waals surface area contributed by atoms with Gasteiger partial charge in [0.15, 0.2) is 8.32 Å². The predicted molar refractivity (Wildman–Crippen MR) is 201 cm³/mol. The summed E-state index contributed by atoms with van der Waals surface area (Å²) < 4.78 is 27.7. The van der Waals surface area contributed by atoms with Gasteiger partial charge in [0, 0.05) is 0 Å². The van der Waals surface area contributed by atoms with Crippen molar-refractivity contribution in [1.82, 2.24) is 5.48 Å². The van der Waals surface area contributed by atoms with Crippen LogP contribution in [-0.4, -0.2) is 39.8 Å². The highest BCUT2D eigenvalue weighted by atomic mass is 28.4. The van der Waals surface area contributed by atoms with Crippen LogP contribution in [0.4, 0.5) is 0 Å². The highest BCUT2D eigenvalue weighted by Crippen LogP contribution is 2.42. The largest absolute Gasteiger partial charge is 0.413 e. The molecule has 0 aromatic heterocycles. The summed E-state index contributed by atoms with van der Waals surface area (Å²) in [4.78, 5) is 5.98. The lowest BCUT2D eigenvalue weighted by atomic mass is 10.1. The summed E-state index contributed by atoms with van der Waals surface area (Å²) in [6.45, 7) is 16.4. The van der Waals surface area contributed by atoms with Crippen LogP contribution in [0.2, 0.25) is 16.6 Å². The molecule has 0 fully saturated rings. The van der Waals surface area contributed by atoms with Crippen LogP contribution in [0.15, 0.2) is 121 Å². The lowest BCUT2D eigenvalue weighted by Crippen LogP contribution is -2.53. The number of hydrogen-bond acceptors (Lipinski definition) is 6. The zero-order valence-corrected chi connectivity index (χ0v) is 31.3. The quantitative estimate of drug-likeness (QED) is 0.0506. The molecule has 0 aliphatic carbocycles. The summed E-state index contributed by atoms with van der Waals surface area (Å²) in [6.07, 6.45) is -1.31. The van der Waals surface area contributed by atoms with Crippen molar-refractivity contribution in [2.75, 3.05) is 13.2 Å². The van der Waals surface area contributed by atoms with Gasteiger partial charge in [0.1, 0.15) is 18.3 Å². The number of benzene rings is 4. The molecule has 0 saturated carbocycles. The Balaban J connectivity index is 1.66. The third kappa shape index (κ3) is 12.0. The van der Waals surface area contributed by atoms with Gasteiger partial charge in [-0.05, 0) is 38.9 Å². The average Bonchev–Trinajstić information content (AvgIpc) is 3.12. The maximum Gasteiger partial charge on any atom is 0.200 e. The Morgan fingerprint density at radius 2 is 0.837 bits per heavy atom. The molecule has 4 aromatic carbocycles. The number of hydrogen-bond donors (Lipinski definition) is 1. The summed E-state index contributed by atoms with van der Waals surface area (Å²) in [7, 11) is -2.22. The normalized spacial score (nSPS) is 14.0. The van der Waals surface area contributed by atoms with Gasteiger partial charge in [0.25, 0.3) is 0 Å². The Morgan fingerprint density at radius 3 is 1.24 bits per heavy atom. The molecular weight excluding hydrogens is 627 g/mol. The average molecular weight is 684 g/mol. The zero-order chi connectivity index (χ0) is 34.9. The van der Waals surface area contributed by atoms with Crippen LogP contribution in [0.5, 0.6) is 0 Å². The highest BCUT2D eigenvalue weighted by Gasteiger charge is 2.46. The van der Waals surface area contributed by atoms with E-state index in [2.05, 4.69) is 95.6 Å². The fourth-order valence-electron chi connectivity index (χ4n) is 6.86. The van der Waals surface area contributed by atoms with Crippen LogP contribution in [0.25, 0.3) is 0 Å². The minimum absolute atomic E-state index is 0.394. The fraction of sp³-hybridized carbons (Fsp3) is 0.429. The number of nitrogens with one attached hydrogen (secondary N) is 1. The van der Waals surface area contributed by atoms with Gasteiger partial charge in [-0.3, -0.25) is 4.84 Å². The summed E-state index contributed by atoms with van der Waals surface area (Å²) in [5.74, 6) is 0. The second-order valence-electron chi connectivity index (χ2n) is 13.7. The van der Waals surface area contributed by atoms with Crippen LogP contribution in [0, 0.1) is 0 Å². The molecule has 0 unspecified atom stereocenters. The molecule has 1 N–H and O–H groups in total. The molecule has 0 bridgehead atoms. The summed E-state index contributed by atoms with van der Waals surface area (Å²) >= 11 is 0. The third-order valence-corrected chi connectivity index (χ3v) is 15.4. The molecule has 49 heavy (non-hydrogen) atoms. The molecular formula is C42H57NO5Si. The maximum absolute atomic E-state index is 7.22. The van der Waals surface area contributed by atoms with Crippen molar-refractivity contribution < 1.29 is 23.5 Å². The van der Waals surface area contributed by atoms with Gasteiger partial charge < -0.3 is 18.6 Å². The topological polar surface area (TPSA) is 58.2 Å². The third-order valence-electron chi connectivity index (χ3n) is 9.30.